The molecule has 0 aliphatic carbocycles. The van der Waals surface area contributed by atoms with Gasteiger partial charge in [-0.2, -0.15) is 4.98 Å². The standard InChI is InChI=1S/C9H11N5O2S3/c1-4(7-11-5(2)14-16-7)18-9-13-12-8(19-9)17-3-6(10)15/h4H,3H2,1-2H3,(H2,10,15)/t4-/m1/s1. The number of aromatic nitrogens is 4. The Morgan fingerprint density at radius 2 is 2.21 bits per heavy atom. The number of primary amides is 1. The van der Waals surface area contributed by atoms with Crippen molar-refractivity contribution in [1.82, 2.24) is 20.3 Å². The van der Waals surface area contributed by atoms with Gasteiger partial charge in [-0.1, -0.05) is 40.0 Å². The first-order chi connectivity index (χ1) is 9.04. The number of hydrogen-bond donors (Lipinski definition) is 1. The van der Waals surface area contributed by atoms with Crippen molar-refractivity contribution in [1.29, 1.82) is 0 Å². The van der Waals surface area contributed by atoms with Crippen molar-refractivity contribution in [3.05, 3.63) is 11.7 Å². The second kappa shape index (κ2) is 6.35. The largest absolute Gasteiger partial charge is 0.369 e. The highest BCUT2D eigenvalue weighted by Crippen LogP contribution is 2.37. The molecule has 0 bridgehead atoms. The highest BCUT2D eigenvalue weighted by atomic mass is 32.2. The molecular formula is C9H11N5O2S3. The van der Waals surface area contributed by atoms with Crippen LogP contribution in [0.2, 0.25) is 0 Å². The predicted octanol–water partition coefficient (Wildman–Crippen LogP) is 1.66. The van der Waals surface area contributed by atoms with Crippen molar-refractivity contribution in [3.8, 4) is 0 Å². The first-order valence-corrected chi connectivity index (χ1v) is 7.94. The minimum atomic E-state index is -0.371. The number of nitrogens with two attached hydrogens (primary N) is 1. The van der Waals surface area contributed by atoms with Crippen LogP contribution in [0.1, 0.15) is 23.9 Å². The summed E-state index contributed by atoms with van der Waals surface area (Å²) in [5.41, 5.74) is 5.07. The fourth-order valence-corrected chi connectivity index (χ4v) is 4.05. The lowest BCUT2D eigenvalue weighted by molar-refractivity contribution is -0.115. The molecule has 0 aliphatic heterocycles. The third kappa shape index (κ3) is 4.18. The molecule has 0 saturated carbocycles. The summed E-state index contributed by atoms with van der Waals surface area (Å²) in [6, 6.07) is 0. The zero-order chi connectivity index (χ0) is 13.8. The van der Waals surface area contributed by atoms with Crippen molar-refractivity contribution in [2.24, 2.45) is 5.73 Å². The van der Waals surface area contributed by atoms with Crippen LogP contribution in [0.4, 0.5) is 0 Å². The Hall–Kier alpha value is -1.13. The normalized spacial score (nSPS) is 12.5. The van der Waals surface area contributed by atoms with Crippen LogP contribution >= 0.6 is 34.9 Å². The van der Waals surface area contributed by atoms with Gasteiger partial charge in [-0.05, 0) is 13.8 Å². The SMILES string of the molecule is Cc1noc([C@@H](C)Sc2nnc(SCC(N)=O)s2)n1. The molecule has 2 aromatic rings. The molecule has 10 heteroatoms. The van der Waals surface area contributed by atoms with Crippen LogP contribution in [0.25, 0.3) is 0 Å². The van der Waals surface area contributed by atoms with Crippen molar-refractivity contribution in [2.45, 2.75) is 27.8 Å². The minimum absolute atomic E-state index is 0.00291. The summed E-state index contributed by atoms with van der Waals surface area (Å²) in [4.78, 5) is 14.8. The van der Waals surface area contributed by atoms with Crippen molar-refractivity contribution < 1.29 is 9.32 Å². The molecular weight excluding hydrogens is 306 g/mol. The average molecular weight is 317 g/mol. The summed E-state index contributed by atoms with van der Waals surface area (Å²) in [6.07, 6.45) is 0. The highest BCUT2D eigenvalue weighted by Gasteiger charge is 2.17. The molecule has 7 nitrogen and oxygen atoms in total. The molecule has 0 fully saturated rings. The third-order valence-corrected chi connectivity index (χ3v) is 5.15. The van der Waals surface area contributed by atoms with Crippen LogP contribution in [0.5, 0.6) is 0 Å². The summed E-state index contributed by atoms with van der Waals surface area (Å²) in [7, 11) is 0. The molecule has 102 valence electrons. The first kappa shape index (κ1) is 14.3. The van der Waals surface area contributed by atoms with Crippen LogP contribution < -0.4 is 5.73 Å². The van der Waals surface area contributed by atoms with E-state index in [2.05, 4.69) is 20.3 Å². The van der Waals surface area contributed by atoms with Crippen LogP contribution in [0.3, 0.4) is 0 Å². The maximum absolute atomic E-state index is 10.7. The van der Waals surface area contributed by atoms with Crippen LogP contribution in [0.15, 0.2) is 13.2 Å². The minimum Gasteiger partial charge on any atom is -0.369 e. The number of rotatable bonds is 6. The lowest BCUT2D eigenvalue weighted by Crippen LogP contribution is -2.12. The average Bonchev–Trinajstić information content (AvgIpc) is 2.95. The Balaban J connectivity index is 1.94. The Morgan fingerprint density at radius 3 is 2.84 bits per heavy atom. The molecule has 0 aliphatic rings. The lowest BCUT2D eigenvalue weighted by Gasteiger charge is -2.01. The van der Waals surface area contributed by atoms with E-state index < -0.39 is 0 Å². The summed E-state index contributed by atoms with van der Waals surface area (Å²) in [5, 5.41) is 11.8. The Bertz CT molecular complexity index is 570. The second-order valence-corrected chi connectivity index (χ2v) is 7.32. The van der Waals surface area contributed by atoms with E-state index in [4.69, 9.17) is 10.3 Å². The summed E-state index contributed by atoms with van der Waals surface area (Å²) in [5.74, 6) is 1.00. The van der Waals surface area contributed by atoms with Gasteiger partial charge in [-0.25, -0.2) is 0 Å². The van der Waals surface area contributed by atoms with E-state index in [-0.39, 0.29) is 16.9 Å². The Labute approximate surface area is 121 Å². The number of carbonyl (C=O) groups is 1. The van der Waals surface area contributed by atoms with Gasteiger partial charge in [-0.3, -0.25) is 4.79 Å². The molecule has 0 spiro atoms. The smallest absolute Gasteiger partial charge is 0.239 e. The number of nitrogens with zero attached hydrogens (tertiary/aromatic N) is 4. The maximum atomic E-state index is 10.7. The molecule has 0 radical (unpaired) electrons. The zero-order valence-corrected chi connectivity index (χ0v) is 12.6. The summed E-state index contributed by atoms with van der Waals surface area (Å²) in [6.45, 7) is 3.73. The maximum Gasteiger partial charge on any atom is 0.239 e. The number of thioether (sulfide) groups is 2. The number of hydrogen-bond acceptors (Lipinski definition) is 9. The van der Waals surface area contributed by atoms with Gasteiger partial charge in [0.25, 0.3) is 0 Å². The molecule has 0 aromatic carbocycles. The highest BCUT2D eigenvalue weighted by molar-refractivity contribution is 8.03. The Morgan fingerprint density at radius 1 is 1.47 bits per heavy atom. The molecule has 2 N–H and O–H groups in total. The van der Waals surface area contributed by atoms with Crippen molar-refractivity contribution in [3.63, 3.8) is 0 Å². The molecule has 1 atom stereocenters. The predicted molar refractivity (Wildman–Crippen MR) is 73.1 cm³/mol. The van der Waals surface area contributed by atoms with Gasteiger partial charge in [0.1, 0.15) is 0 Å². The van der Waals surface area contributed by atoms with Crippen molar-refractivity contribution >= 4 is 40.8 Å². The van der Waals surface area contributed by atoms with E-state index in [0.717, 1.165) is 8.68 Å². The Kier molecular flexibility index (Phi) is 4.77. The van der Waals surface area contributed by atoms with Gasteiger partial charge in [0.15, 0.2) is 14.5 Å². The van der Waals surface area contributed by atoms with E-state index in [1.54, 1.807) is 6.92 Å². The van der Waals surface area contributed by atoms with E-state index in [1.807, 2.05) is 6.92 Å². The molecule has 19 heavy (non-hydrogen) atoms. The van der Waals surface area contributed by atoms with E-state index >= 15 is 0 Å². The fourth-order valence-electron chi connectivity index (χ4n) is 1.12. The van der Waals surface area contributed by atoms with E-state index in [9.17, 15) is 4.79 Å². The van der Waals surface area contributed by atoms with Crippen LogP contribution in [-0.2, 0) is 4.79 Å². The fraction of sp³-hybridized carbons (Fsp3) is 0.444. The molecule has 0 unspecified atom stereocenters. The molecule has 2 aromatic heterocycles. The topological polar surface area (TPSA) is 108 Å². The van der Waals surface area contributed by atoms with Gasteiger partial charge < -0.3 is 10.3 Å². The number of aryl methyl sites for hydroxylation is 1. The molecule has 2 heterocycles. The second-order valence-electron chi connectivity index (χ2n) is 3.53. The van der Waals surface area contributed by atoms with Gasteiger partial charge >= 0.3 is 0 Å². The van der Waals surface area contributed by atoms with Gasteiger partial charge in [-0.15, -0.1) is 10.2 Å². The number of carbonyl (C=O) groups excluding carboxylic acids is 1. The summed E-state index contributed by atoms with van der Waals surface area (Å²) < 4.78 is 6.60. The molecule has 1 amide bonds. The summed E-state index contributed by atoms with van der Waals surface area (Å²) >= 11 is 4.18. The van der Waals surface area contributed by atoms with Crippen LogP contribution in [-0.4, -0.2) is 32.0 Å². The van der Waals surface area contributed by atoms with E-state index in [0.29, 0.717) is 11.7 Å². The third-order valence-electron chi connectivity index (χ3n) is 1.89. The van der Waals surface area contributed by atoms with Gasteiger partial charge in [0.05, 0.1) is 11.0 Å². The van der Waals surface area contributed by atoms with E-state index in [1.165, 1.54) is 34.9 Å². The van der Waals surface area contributed by atoms with Gasteiger partial charge in [0, 0.05) is 0 Å². The van der Waals surface area contributed by atoms with Gasteiger partial charge in [0.2, 0.25) is 11.8 Å². The number of amides is 1. The quantitative estimate of drug-likeness (QED) is 0.801. The molecule has 2 rings (SSSR count). The van der Waals surface area contributed by atoms with Crippen LogP contribution in [0, 0.1) is 6.92 Å². The molecule has 0 saturated heterocycles. The monoisotopic (exact) mass is 317 g/mol. The first-order valence-electron chi connectivity index (χ1n) is 5.26. The zero-order valence-electron chi connectivity index (χ0n) is 10.2. The van der Waals surface area contributed by atoms with Crippen molar-refractivity contribution in [2.75, 3.05) is 5.75 Å². The lowest BCUT2D eigenvalue weighted by atomic mass is 10.5.